The summed E-state index contributed by atoms with van der Waals surface area (Å²) < 4.78 is 41.4. The summed E-state index contributed by atoms with van der Waals surface area (Å²) in [4.78, 5) is 0. The fourth-order valence-electron chi connectivity index (χ4n) is 4.32. The number of epoxide rings is 2. The third-order valence-electron chi connectivity index (χ3n) is 6.11. The molecule has 0 N–H and O–H groups in total. The van der Waals surface area contributed by atoms with Crippen LogP contribution in [0.1, 0.15) is 11.1 Å². The molecular weight excluding hydrogens is 400 g/mol. The fourth-order valence-corrected chi connectivity index (χ4v) is 4.32. The van der Waals surface area contributed by atoms with Gasteiger partial charge in [0.2, 0.25) is 0 Å². The van der Waals surface area contributed by atoms with Gasteiger partial charge in [0, 0.05) is 0 Å². The molecule has 4 saturated heterocycles. The second kappa shape index (κ2) is 8.60. The second-order valence-corrected chi connectivity index (χ2v) is 8.34. The third kappa shape index (κ3) is 4.40. The molecule has 4 aliphatic rings. The first-order chi connectivity index (χ1) is 15.3. The molecule has 4 heterocycles. The van der Waals surface area contributed by atoms with Crippen molar-refractivity contribution in [2.24, 2.45) is 0 Å². The molecule has 8 atom stereocenters. The SMILES string of the molecule is c1ccc(CO[C@H]2OC[C@H](O[C@@H]3CO[C@H](OCc4ccccc4)[C@@H]4O[C@@H]43)[C@H]3O[C@@H]23)cc1. The molecule has 31 heavy (non-hydrogen) atoms. The van der Waals surface area contributed by atoms with Crippen LogP contribution in [0.4, 0.5) is 0 Å². The van der Waals surface area contributed by atoms with Gasteiger partial charge in [-0.05, 0) is 11.1 Å². The molecule has 6 rings (SSSR count). The Morgan fingerprint density at radius 3 is 1.52 bits per heavy atom. The lowest BCUT2D eigenvalue weighted by Gasteiger charge is -2.31. The molecule has 7 heteroatoms. The van der Waals surface area contributed by atoms with Gasteiger partial charge in [0.05, 0.1) is 26.4 Å². The van der Waals surface area contributed by atoms with Crippen LogP contribution < -0.4 is 0 Å². The Hall–Kier alpha value is -1.84. The summed E-state index contributed by atoms with van der Waals surface area (Å²) in [7, 11) is 0. The number of fused-ring (bicyclic) bond motifs is 2. The van der Waals surface area contributed by atoms with Crippen molar-refractivity contribution in [3.05, 3.63) is 71.8 Å². The molecule has 0 spiro atoms. The number of ether oxygens (including phenoxy) is 7. The second-order valence-electron chi connectivity index (χ2n) is 8.34. The van der Waals surface area contributed by atoms with Crippen LogP contribution in [0.25, 0.3) is 0 Å². The van der Waals surface area contributed by atoms with E-state index in [0.717, 1.165) is 11.1 Å². The number of hydrogen-bond acceptors (Lipinski definition) is 7. The first kappa shape index (κ1) is 19.8. The summed E-state index contributed by atoms with van der Waals surface area (Å²) in [6, 6.07) is 20.1. The van der Waals surface area contributed by atoms with E-state index in [9.17, 15) is 0 Å². The van der Waals surface area contributed by atoms with Gasteiger partial charge in [-0.15, -0.1) is 0 Å². The van der Waals surface area contributed by atoms with E-state index in [-0.39, 0.29) is 49.2 Å². The summed E-state index contributed by atoms with van der Waals surface area (Å²) in [6.07, 6.45) is -1.14. The van der Waals surface area contributed by atoms with Crippen molar-refractivity contribution in [1.29, 1.82) is 0 Å². The standard InChI is InChI=1S/C24H26O7/c1-3-7-15(8-4-1)11-25-23-21-19(30-21)17(13-27-23)29-18-14-28-24(22-20(18)31-22)26-12-16-9-5-2-6-10-16/h1-10,17-24H,11-14H2/t17-,18+,19-,20-,21-,22-,23+,24+/m1/s1. The van der Waals surface area contributed by atoms with Crippen LogP contribution in [-0.2, 0) is 46.4 Å². The highest BCUT2D eigenvalue weighted by Crippen LogP contribution is 2.41. The van der Waals surface area contributed by atoms with Gasteiger partial charge in [0.25, 0.3) is 0 Å². The molecule has 0 saturated carbocycles. The van der Waals surface area contributed by atoms with Crippen LogP contribution in [0.2, 0.25) is 0 Å². The fraction of sp³-hybridized carbons (Fsp3) is 0.500. The van der Waals surface area contributed by atoms with Crippen LogP contribution in [0, 0.1) is 0 Å². The molecule has 164 valence electrons. The highest BCUT2D eigenvalue weighted by atomic mass is 16.8. The van der Waals surface area contributed by atoms with Gasteiger partial charge in [-0.2, -0.15) is 0 Å². The molecule has 0 radical (unpaired) electrons. The third-order valence-corrected chi connectivity index (χ3v) is 6.11. The van der Waals surface area contributed by atoms with E-state index in [1.165, 1.54) is 0 Å². The van der Waals surface area contributed by atoms with Crippen LogP contribution in [0.5, 0.6) is 0 Å². The Kier molecular flexibility index (Phi) is 5.49. The minimum Gasteiger partial charge on any atom is -0.365 e. The predicted octanol–water partition coefficient (Wildman–Crippen LogP) is 2.42. The van der Waals surface area contributed by atoms with Gasteiger partial charge in [0.1, 0.15) is 36.6 Å². The minimum atomic E-state index is -0.353. The number of rotatable bonds is 8. The van der Waals surface area contributed by atoms with Crippen molar-refractivity contribution >= 4 is 0 Å². The van der Waals surface area contributed by atoms with E-state index in [1.54, 1.807) is 0 Å². The average molecular weight is 426 g/mol. The molecule has 4 fully saturated rings. The Labute approximate surface area is 181 Å². The molecular formula is C24H26O7. The van der Waals surface area contributed by atoms with Crippen molar-refractivity contribution in [3.63, 3.8) is 0 Å². The first-order valence-corrected chi connectivity index (χ1v) is 10.9. The van der Waals surface area contributed by atoms with E-state index >= 15 is 0 Å². The molecule has 0 aromatic heterocycles. The van der Waals surface area contributed by atoms with Crippen molar-refractivity contribution < 1.29 is 33.2 Å². The summed E-state index contributed by atoms with van der Waals surface area (Å²) in [6.45, 7) is 1.87. The molecule has 7 nitrogen and oxygen atoms in total. The van der Waals surface area contributed by atoms with Crippen molar-refractivity contribution in [3.8, 4) is 0 Å². The van der Waals surface area contributed by atoms with Gasteiger partial charge >= 0.3 is 0 Å². The zero-order valence-corrected chi connectivity index (χ0v) is 17.1. The molecule has 2 aromatic rings. The van der Waals surface area contributed by atoms with E-state index in [4.69, 9.17) is 33.2 Å². The largest absolute Gasteiger partial charge is 0.365 e. The van der Waals surface area contributed by atoms with Crippen molar-refractivity contribution in [2.45, 2.75) is 62.4 Å². The molecule has 4 aliphatic heterocycles. The van der Waals surface area contributed by atoms with Gasteiger partial charge in [-0.1, -0.05) is 60.7 Å². The molecule has 0 amide bonds. The average Bonchev–Trinajstić information content (AvgIpc) is 3.73. The predicted molar refractivity (Wildman–Crippen MR) is 108 cm³/mol. The molecule has 0 unspecified atom stereocenters. The zero-order chi connectivity index (χ0) is 20.6. The minimum absolute atomic E-state index is 0.00113. The van der Waals surface area contributed by atoms with Crippen LogP contribution in [0.3, 0.4) is 0 Å². The quantitative estimate of drug-likeness (QED) is 0.601. The maximum absolute atomic E-state index is 6.25. The van der Waals surface area contributed by atoms with Gasteiger partial charge in [0.15, 0.2) is 12.6 Å². The Bertz CT molecular complexity index is 791. The highest BCUT2D eigenvalue weighted by molar-refractivity contribution is 5.14. The van der Waals surface area contributed by atoms with Crippen LogP contribution in [0.15, 0.2) is 60.7 Å². The normalized spacial score (nSPS) is 38.2. The Balaban J connectivity index is 0.951. The lowest BCUT2D eigenvalue weighted by Crippen LogP contribution is -2.46. The van der Waals surface area contributed by atoms with Crippen molar-refractivity contribution in [1.82, 2.24) is 0 Å². The van der Waals surface area contributed by atoms with Gasteiger partial charge in [-0.3, -0.25) is 0 Å². The maximum Gasteiger partial charge on any atom is 0.186 e. The van der Waals surface area contributed by atoms with E-state index in [2.05, 4.69) is 0 Å². The van der Waals surface area contributed by atoms with E-state index in [1.807, 2.05) is 60.7 Å². The van der Waals surface area contributed by atoms with Gasteiger partial charge < -0.3 is 33.2 Å². The Morgan fingerprint density at radius 1 is 0.613 bits per heavy atom. The summed E-state index contributed by atoms with van der Waals surface area (Å²) >= 11 is 0. The first-order valence-electron chi connectivity index (χ1n) is 10.9. The van der Waals surface area contributed by atoms with Crippen LogP contribution >= 0.6 is 0 Å². The van der Waals surface area contributed by atoms with Gasteiger partial charge in [-0.25, -0.2) is 0 Å². The van der Waals surface area contributed by atoms with E-state index in [0.29, 0.717) is 26.4 Å². The van der Waals surface area contributed by atoms with Crippen molar-refractivity contribution in [2.75, 3.05) is 13.2 Å². The summed E-state index contributed by atoms with van der Waals surface area (Å²) in [5.74, 6) is 0. The smallest absolute Gasteiger partial charge is 0.186 e. The lowest BCUT2D eigenvalue weighted by molar-refractivity contribution is -0.216. The molecule has 2 aromatic carbocycles. The Morgan fingerprint density at radius 2 is 1.06 bits per heavy atom. The zero-order valence-electron chi connectivity index (χ0n) is 17.1. The monoisotopic (exact) mass is 426 g/mol. The summed E-state index contributed by atoms with van der Waals surface area (Å²) in [5.41, 5.74) is 2.23. The summed E-state index contributed by atoms with van der Waals surface area (Å²) in [5, 5.41) is 0. The highest BCUT2D eigenvalue weighted by Gasteiger charge is 2.60. The van der Waals surface area contributed by atoms with Crippen LogP contribution in [-0.4, -0.2) is 62.4 Å². The maximum atomic E-state index is 6.25. The number of benzene rings is 2. The molecule has 0 aliphatic carbocycles. The lowest BCUT2D eigenvalue weighted by atomic mass is 10.1. The topological polar surface area (TPSA) is 71.2 Å². The van der Waals surface area contributed by atoms with E-state index < -0.39 is 0 Å². The molecule has 0 bridgehead atoms. The number of hydrogen-bond donors (Lipinski definition) is 0.